The first kappa shape index (κ1) is 19.6. The molecule has 0 radical (unpaired) electrons. The molecule has 0 aliphatic carbocycles. The Bertz CT molecular complexity index is 1090. The zero-order chi connectivity index (χ0) is 20.1. The average molecular weight is 398 g/mol. The summed E-state index contributed by atoms with van der Waals surface area (Å²) in [5.41, 5.74) is 1.07. The van der Waals surface area contributed by atoms with E-state index >= 15 is 0 Å². The average Bonchev–Trinajstić information content (AvgIpc) is 2.69. The van der Waals surface area contributed by atoms with Gasteiger partial charge in [-0.05, 0) is 42.8 Å². The Hall–Kier alpha value is -3.19. The number of rotatable bonds is 6. The summed E-state index contributed by atoms with van der Waals surface area (Å²) in [4.78, 5) is 12.6. The van der Waals surface area contributed by atoms with Gasteiger partial charge in [-0.15, -0.1) is 0 Å². The maximum absolute atomic E-state index is 13.8. The number of sulfonamides is 1. The first-order valence-electron chi connectivity index (χ1n) is 8.57. The van der Waals surface area contributed by atoms with Gasteiger partial charge in [0.2, 0.25) is 5.91 Å². The SMILES string of the molecule is Cc1ccccc1N(CC(=O)Nc1ccccc1F)S(=O)(=O)c1ccccc1. The second-order valence-electron chi connectivity index (χ2n) is 6.14. The van der Waals surface area contributed by atoms with Gasteiger partial charge in [-0.3, -0.25) is 9.10 Å². The van der Waals surface area contributed by atoms with Gasteiger partial charge in [0, 0.05) is 0 Å². The van der Waals surface area contributed by atoms with Crippen LogP contribution in [0.5, 0.6) is 0 Å². The highest BCUT2D eigenvalue weighted by Crippen LogP contribution is 2.26. The van der Waals surface area contributed by atoms with Gasteiger partial charge in [-0.1, -0.05) is 48.5 Å². The molecule has 28 heavy (non-hydrogen) atoms. The molecule has 0 bridgehead atoms. The molecule has 0 aromatic heterocycles. The molecule has 1 amide bonds. The second-order valence-corrected chi connectivity index (χ2v) is 8.00. The number of anilines is 2. The number of amides is 1. The van der Waals surface area contributed by atoms with Gasteiger partial charge in [-0.2, -0.15) is 0 Å². The molecule has 0 fully saturated rings. The predicted molar refractivity (Wildman–Crippen MR) is 107 cm³/mol. The number of carbonyl (C=O) groups excluding carboxylic acids is 1. The molecule has 0 heterocycles. The van der Waals surface area contributed by atoms with Gasteiger partial charge >= 0.3 is 0 Å². The third kappa shape index (κ3) is 4.20. The fourth-order valence-electron chi connectivity index (χ4n) is 2.75. The standard InChI is InChI=1S/C21H19FN2O3S/c1-16-9-5-8-14-20(16)24(28(26,27)17-10-3-2-4-11-17)15-21(25)23-19-13-7-6-12-18(19)22/h2-14H,15H2,1H3,(H,23,25). The summed E-state index contributed by atoms with van der Waals surface area (Å²) in [5, 5.41) is 2.43. The highest BCUT2D eigenvalue weighted by molar-refractivity contribution is 7.92. The molecular weight excluding hydrogens is 379 g/mol. The molecule has 3 aromatic rings. The van der Waals surface area contributed by atoms with Crippen LogP contribution in [0.4, 0.5) is 15.8 Å². The summed E-state index contributed by atoms with van der Waals surface area (Å²) >= 11 is 0. The van der Waals surface area contributed by atoms with E-state index in [2.05, 4.69) is 5.32 Å². The lowest BCUT2D eigenvalue weighted by molar-refractivity contribution is -0.114. The lowest BCUT2D eigenvalue weighted by Gasteiger charge is -2.25. The van der Waals surface area contributed by atoms with Gasteiger partial charge < -0.3 is 5.32 Å². The quantitative estimate of drug-likeness (QED) is 0.683. The van der Waals surface area contributed by atoms with Crippen LogP contribution in [0.1, 0.15) is 5.56 Å². The van der Waals surface area contributed by atoms with E-state index in [9.17, 15) is 17.6 Å². The minimum Gasteiger partial charge on any atom is -0.322 e. The van der Waals surface area contributed by atoms with Crippen LogP contribution in [0, 0.1) is 12.7 Å². The molecule has 3 rings (SSSR count). The molecule has 0 spiro atoms. The third-order valence-electron chi connectivity index (χ3n) is 4.15. The molecule has 0 atom stereocenters. The van der Waals surface area contributed by atoms with Gasteiger partial charge in [0.1, 0.15) is 12.4 Å². The third-order valence-corrected chi connectivity index (χ3v) is 5.92. The maximum atomic E-state index is 13.8. The van der Waals surface area contributed by atoms with Gasteiger partial charge in [-0.25, -0.2) is 12.8 Å². The van der Waals surface area contributed by atoms with Crippen LogP contribution in [-0.4, -0.2) is 20.9 Å². The minimum atomic E-state index is -4.00. The van der Waals surface area contributed by atoms with Crippen LogP contribution in [0.2, 0.25) is 0 Å². The van der Waals surface area contributed by atoms with Crippen molar-refractivity contribution >= 4 is 27.3 Å². The van der Waals surface area contributed by atoms with Crippen molar-refractivity contribution in [2.24, 2.45) is 0 Å². The van der Waals surface area contributed by atoms with E-state index in [0.717, 1.165) is 4.31 Å². The highest BCUT2D eigenvalue weighted by Gasteiger charge is 2.28. The zero-order valence-electron chi connectivity index (χ0n) is 15.2. The van der Waals surface area contributed by atoms with Crippen molar-refractivity contribution < 1.29 is 17.6 Å². The number of para-hydroxylation sites is 2. The van der Waals surface area contributed by atoms with Crippen molar-refractivity contribution in [3.05, 3.63) is 90.2 Å². The molecule has 7 heteroatoms. The van der Waals surface area contributed by atoms with E-state index in [1.165, 1.54) is 30.3 Å². The number of carbonyl (C=O) groups is 1. The Labute approximate surface area is 163 Å². The topological polar surface area (TPSA) is 66.5 Å². The first-order chi connectivity index (χ1) is 13.4. The van der Waals surface area contributed by atoms with E-state index < -0.39 is 28.3 Å². The number of nitrogens with zero attached hydrogens (tertiary/aromatic N) is 1. The molecular formula is C21H19FN2O3S. The van der Waals surface area contributed by atoms with Crippen LogP contribution in [0.3, 0.4) is 0 Å². The fraction of sp³-hybridized carbons (Fsp3) is 0.0952. The van der Waals surface area contributed by atoms with Crippen LogP contribution >= 0.6 is 0 Å². The Morgan fingerprint density at radius 2 is 1.54 bits per heavy atom. The van der Waals surface area contributed by atoms with Crippen molar-refractivity contribution in [1.82, 2.24) is 0 Å². The van der Waals surface area contributed by atoms with Crippen LogP contribution < -0.4 is 9.62 Å². The highest BCUT2D eigenvalue weighted by atomic mass is 32.2. The van der Waals surface area contributed by atoms with E-state index in [4.69, 9.17) is 0 Å². The molecule has 0 saturated carbocycles. The molecule has 1 N–H and O–H groups in total. The summed E-state index contributed by atoms with van der Waals surface area (Å²) in [7, 11) is -4.00. The van der Waals surface area contributed by atoms with Crippen molar-refractivity contribution in [2.45, 2.75) is 11.8 Å². The van der Waals surface area contributed by atoms with Gasteiger partial charge in [0.15, 0.2) is 0 Å². The minimum absolute atomic E-state index is 0.00524. The number of hydrogen-bond acceptors (Lipinski definition) is 3. The molecule has 0 aliphatic rings. The van der Waals surface area contributed by atoms with Crippen molar-refractivity contribution in [3.8, 4) is 0 Å². The van der Waals surface area contributed by atoms with Crippen molar-refractivity contribution in [2.75, 3.05) is 16.2 Å². The summed E-state index contributed by atoms with van der Waals surface area (Å²) in [6.07, 6.45) is 0. The van der Waals surface area contributed by atoms with E-state index in [0.29, 0.717) is 11.3 Å². The Balaban J connectivity index is 1.97. The lowest BCUT2D eigenvalue weighted by Crippen LogP contribution is -2.38. The summed E-state index contributed by atoms with van der Waals surface area (Å²) in [5.74, 6) is -1.24. The van der Waals surface area contributed by atoms with Crippen LogP contribution in [-0.2, 0) is 14.8 Å². The van der Waals surface area contributed by atoms with Gasteiger partial charge in [0.05, 0.1) is 16.3 Å². The fourth-order valence-corrected chi connectivity index (χ4v) is 4.25. The summed E-state index contributed by atoms with van der Waals surface area (Å²) < 4.78 is 41.3. The Morgan fingerprint density at radius 1 is 0.929 bits per heavy atom. The summed E-state index contributed by atoms with van der Waals surface area (Å²) in [6, 6.07) is 20.5. The zero-order valence-corrected chi connectivity index (χ0v) is 16.0. The maximum Gasteiger partial charge on any atom is 0.264 e. The monoisotopic (exact) mass is 398 g/mol. The number of nitrogens with one attached hydrogen (secondary N) is 1. The molecule has 0 saturated heterocycles. The molecule has 0 unspecified atom stereocenters. The Kier molecular flexibility index (Phi) is 5.75. The molecule has 5 nitrogen and oxygen atoms in total. The molecule has 3 aromatic carbocycles. The Morgan fingerprint density at radius 3 is 2.21 bits per heavy atom. The van der Waals surface area contributed by atoms with E-state index in [-0.39, 0.29) is 10.6 Å². The number of aryl methyl sites for hydroxylation is 1. The first-order valence-corrected chi connectivity index (χ1v) is 10.0. The van der Waals surface area contributed by atoms with Crippen LogP contribution in [0.25, 0.3) is 0 Å². The molecule has 0 aliphatic heterocycles. The van der Waals surface area contributed by atoms with Crippen molar-refractivity contribution in [3.63, 3.8) is 0 Å². The lowest BCUT2D eigenvalue weighted by atomic mass is 10.2. The van der Waals surface area contributed by atoms with Crippen molar-refractivity contribution in [1.29, 1.82) is 0 Å². The smallest absolute Gasteiger partial charge is 0.264 e. The normalized spacial score (nSPS) is 11.1. The summed E-state index contributed by atoms with van der Waals surface area (Å²) in [6.45, 7) is 1.27. The van der Waals surface area contributed by atoms with E-state index in [1.54, 1.807) is 55.5 Å². The largest absolute Gasteiger partial charge is 0.322 e. The molecule has 144 valence electrons. The number of halogens is 1. The van der Waals surface area contributed by atoms with E-state index in [1.807, 2.05) is 0 Å². The van der Waals surface area contributed by atoms with Crippen LogP contribution in [0.15, 0.2) is 83.8 Å². The second kappa shape index (κ2) is 8.22. The number of benzene rings is 3. The van der Waals surface area contributed by atoms with Gasteiger partial charge in [0.25, 0.3) is 10.0 Å². The predicted octanol–water partition coefficient (Wildman–Crippen LogP) is 3.97. The number of hydrogen-bond donors (Lipinski definition) is 1.